The molecule has 9 heavy (non-hydrogen) atoms. The molecule has 0 aromatic rings. The highest BCUT2D eigenvalue weighted by Gasteiger charge is 2.17. The Kier molecular flexibility index (Phi) is 4.24. The third kappa shape index (κ3) is 4.27. The van der Waals surface area contributed by atoms with Gasteiger partial charge in [0.05, 0.1) is 5.88 Å². The maximum absolute atomic E-state index is 11.1. The second-order valence-electron chi connectivity index (χ2n) is 2.74. The van der Waals surface area contributed by atoms with Crippen molar-refractivity contribution in [1.82, 2.24) is 3.53 Å². The Bertz CT molecular complexity index is 110. The monoisotopic (exact) mass is 261 g/mol. The van der Waals surface area contributed by atoms with Crippen LogP contribution in [-0.2, 0) is 10.8 Å². The zero-order valence-electron chi connectivity index (χ0n) is 5.90. The number of hydrogen-bond acceptors (Lipinski definition) is 2. The van der Waals surface area contributed by atoms with Gasteiger partial charge in [-0.3, -0.25) is 4.21 Å². The standard InChI is InChI=1S/C5H12INOS/c1-5(2,3)9(8)4-7-6/h7H,4H2,1-3H3. The first kappa shape index (κ1) is 9.84. The van der Waals surface area contributed by atoms with Gasteiger partial charge in [-0.15, -0.1) is 0 Å². The van der Waals surface area contributed by atoms with Crippen molar-refractivity contribution in [2.24, 2.45) is 0 Å². The first-order valence-electron chi connectivity index (χ1n) is 2.70. The second kappa shape index (κ2) is 3.88. The smallest absolute Gasteiger partial charge is 0.0813 e. The normalized spacial score (nSPS) is 15.6. The van der Waals surface area contributed by atoms with Crippen molar-refractivity contribution >= 4 is 33.7 Å². The lowest BCUT2D eigenvalue weighted by Crippen LogP contribution is -2.27. The molecule has 2 nitrogen and oxygen atoms in total. The summed E-state index contributed by atoms with van der Waals surface area (Å²) in [4.78, 5) is 0. The van der Waals surface area contributed by atoms with Crippen LogP contribution in [0.5, 0.6) is 0 Å². The molecule has 0 rings (SSSR count). The molecule has 0 aliphatic carbocycles. The first-order chi connectivity index (χ1) is 3.98. The van der Waals surface area contributed by atoms with Crippen molar-refractivity contribution in [1.29, 1.82) is 0 Å². The Balaban J connectivity index is 3.74. The predicted molar refractivity (Wildman–Crippen MR) is 49.9 cm³/mol. The fourth-order valence-electron chi connectivity index (χ4n) is 0.266. The molecule has 0 aliphatic heterocycles. The fraction of sp³-hybridized carbons (Fsp3) is 1.00. The van der Waals surface area contributed by atoms with Gasteiger partial charge >= 0.3 is 0 Å². The quantitative estimate of drug-likeness (QED) is 0.602. The van der Waals surface area contributed by atoms with Gasteiger partial charge in [0.2, 0.25) is 0 Å². The van der Waals surface area contributed by atoms with Gasteiger partial charge in [-0.05, 0) is 20.8 Å². The SMILES string of the molecule is CC(C)(C)S(=O)CNI. The summed E-state index contributed by atoms with van der Waals surface area (Å²) in [6.07, 6.45) is 0. The summed E-state index contributed by atoms with van der Waals surface area (Å²) in [6, 6.07) is 0. The van der Waals surface area contributed by atoms with E-state index in [-0.39, 0.29) is 4.75 Å². The van der Waals surface area contributed by atoms with Crippen molar-refractivity contribution in [2.45, 2.75) is 25.5 Å². The maximum atomic E-state index is 11.1. The summed E-state index contributed by atoms with van der Waals surface area (Å²) in [6.45, 7) is 5.91. The molecule has 4 heteroatoms. The van der Waals surface area contributed by atoms with Gasteiger partial charge < -0.3 is 0 Å². The molecule has 0 heterocycles. The molecule has 0 saturated heterocycles. The molecule has 1 atom stereocenters. The minimum absolute atomic E-state index is 0.0851. The van der Waals surface area contributed by atoms with Gasteiger partial charge in [-0.2, -0.15) is 0 Å². The lowest BCUT2D eigenvalue weighted by atomic mass is 10.3. The highest BCUT2D eigenvalue weighted by atomic mass is 127. The average Bonchev–Trinajstić information content (AvgIpc) is 1.64. The van der Waals surface area contributed by atoms with Crippen LogP contribution in [-0.4, -0.2) is 14.8 Å². The fourth-order valence-corrected chi connectivity index (χ4v) is 1.65. The van der Waals surface area contributed by atoms with Crippen LogP contribution in [0.15, 0.2) is 0 Å². The van der Waals surface area contributed by atoms with E-state index in [0.717, 1.165) is 0 Å². The van der Waals surface area contributed by atoms with E-state index in [1.807, 2.05) is 43.6 Å². The molecule has 0 aliphatic rings. The maximum Gasteiger partial charge on any atom is 0.0813 e. The summed E-state index contributed by atoms with van der Waals surface area (Å²) >= 11 is 2.00. The van der Waals surface area contributed by atoms with E-state index in [2.05, 4.69) is 3.53 Å². The van der Waals surface area contributed by atoms with Gasteiger partial charge in [0.25, 0.3) is 0 Å². The highest BCUT2D eigenvalue weighted by Crippen LogP contribution is 2.09. The van der Waals surface area contributed by atoms with E-state index >= 15 is 0 Å². The van der Waals surface area contributed by atoms with E-state index in [9.17, 15) is 4.21 Å². The van der Waals surface area contributed by atoms with Crippen molar-refractivity contribution < 1.29 is 4.21 Å². The molecule has 0 aromatic carbocycles. The molecular formula is C5H12INOS. The highest BCUT2D eigenvalue weighted by molar-refractivity contribution is 14.1. The van der Waals surface area contributed by atoms with Crippen LogP contribution in [0.25, 0.3) is 0 Å². The number of nitrogens with one attached hydrogen (secondary N) is 1. The van der Waals surface area contributed by atoms with Crippen LogP contribution in [0.3, 0.4) is 0 Å². The molecule has 0 radical (unpaired) electrons. The average molecular weight is 261 g/mol. The van der Waals surface area contributed by atoms with Crippen LogP contribution in [0.1, 0.15) is 20.8 Å². The minimum Gasteiger partial charge on any atom is -0.258 e. The lowest BCUT2D eigenvalue weighted by molar-refractivity contribution is 0.648. The van der Waals surface area contributed by atoms with Crippen LogP contribution in [0.4, 0.5) is 0 Å². The Labute approximate surface area is 72.7 Å². The van der Waals surface area contributed by atoms with Gasteiger partial charge in [-0.25, -0.2) is 3.53 Å². The van der Waals surface area contributed by atoms with Gasteiger partial charge in [0, 0.05) is 38.4 Å². The zero-order chi connectivity index (χ0) is 7.49. The molecule has 0 aromatic heterocycles. The van der Waals surface area contributed by atoms with Crippen LogP contribution in [0, 0.1) is 0 Å². The lowest BCUT2D eigenvalue weighted by Gasteiger charge is -2.16. The summed E-state index contributed by atoms with van der Waals surface area (Å²) in [5, 5.41) is 0. The summed E-state index contributed by atoms with van der Waals surface area (Å²) in [7, 11) is -0.756. The molecule has 0 bridgehead atoms. The predicted octanol–water partition coefficient (Wildman–Crippen LogP) is 1.43. The molecule has 0 saturated carbocycles. The topological polar surface area (TPSA) is 29.1 Å². The molecule has 0 fully saturated rings. The Hall–Kier alpha value is 0.840. The van der Waals surface area contributed by atoms with E-state index < -0.39 is 10.8 Å². The number of hydrogen-bond donors (Lipinski definition) is 1. The summed E-state index contributed by atoms with van der Waals surface area (Å²) in [5.74, 6) is 0.573. The van der Waals surface area contributed by atoms with Crippen LogP contribution < -0.4 is 3.53 Å². The van der Waals surface area contributed by atoms with Crippen molar-refractivity contribution in [2.75, 3.05) is 5.88 Å². The second-order valence-corrected chi connectivity index (χ2v) is 5.70. The van der Waals surface area contributed by atoms with Gasteiger partial charge in [0.1, 0.15) is 0 Å². The largest absolute Gasteiger partial charge is 0.258 e. The van der Waals surface area contributed by atoms with E-state index in [4.69, 9.17) is 0 Å². The zero-order valence-corrected chi connectivity index (χ0v) is 8.88. The van der Waals surface area contributed by atoms with Crippen LogP contribution in [0.2, 0.25) is 0 Å². The van der Waals surface area contributed by atoms with E-state index in [0.29, 0.717) is 5.88 Å². The van der Waals surface area contributed by atoms with E-state index in [1.165, 1.54) is 0 Å². The Morgan fingerprint density at radius 3 is 2.11 bits per heavy atom. The minimum atomic E-state index is -0.756. The Morgan fingerprint density at radius 1 is 1.56 bits per heavy atom. The van der Waals surface area contributed by atoms with E-state index in [1.54, 1.807) is 0 Å². The molecule has 0 amide bonds. The van der Waals surface area contributed by atoms with Crippen LogP contribution >= 0.6 is 22.9 Å². The summed E-state index contributed by atoms with van der Waals surface area (Å²) < 4.78 is 13.9. The van der Waals surface area contributed by atoms with Gasteiger partial charge in [0.15, 0.2) is 0 Å². The number of halogens is 1. The van der Waals surface area contributed by atoms with Crippen molar-refractivity contribution in [3.05, 3.63) is 0 Å². The number of rotatable bonds is 2. The van der Waals surface area contributed by atoms with Crippen molar-refractivity contribution in [3.63, 3.8) is 0 Å². The third-order valence-corrected chi connectivity index (χ3v) is 3.54. The third-order valence-electron chi connectivity index (χ3n) is 0.869. The Morgan fingerprint density at radius 2 is 2.00 bits per heavy atom. The molecule has 0 spiro atoms. The molecule has 56 valence electrons. The van der Waals surface area contributed by atoms with Gasteiger partial charge in [-0.1, -0.05) is 0 Å². The van der Waals surface area contributed by atoms with Crippen molar-refractivity contribution in [3.8, 4) is 0 Å². The first-order valence-corrected chi connectivity index (χ1v) is 5.10. The summed E-state index contributed by atoms with van der Waals surface area (Å²) in [5.41, 5.74) is 0. The molecular weight excluding hydrogens is 249 g/mol. The molecule has 1 unspecified atom stereocenters. The molecule has 1 N–H and O–H groups in total.